The average Bonchev–Trinajstić information content (AvgIpc) is 2.82. The zero-order chi connectivity index (χ0) is 14.0. The summed E-state index contributed by atoms with van der Waals surface area (Å²) >= 11 is 6.08. The van der Waals surface area contributed by atoms with E-state index in [0.29, 0.717) is 4.90 Å². The Labute approximate surface area is 120 Å². The highest BCUT2D eigenvalue weighted by atomic mass is 35.5. The molecule has 2 rings (SSSR count). The van der Waals surface area contributed by atoms with Crippen molar-refractivity contribution < 1.29 is 8.42 Å². The first-order valence-electron chi connectivity index (χ1n) is 6.65. The molecular formula is C14H20ClNO2S. The van der Waals surface area contributed by atoms with Gasteiger partial charge >= 0.3 is 0 Å². The van der Waals surface area contributed by atoms with Crippen LogP contribution in [0.5, 0.6) is 0 Å². The summed E-state index contributed by atoms with van der Waals surface area (Å²) in [4.78, 5) is 0.348. The lowest BCUT2D eigenvalue weighted by molar-refractivity contribution is 0.556. The number of nitrogens with one attached hydrogen (secondary N) is 1. The molecule has 0 aliphatic heterocycles. The first-order chi connectivity index (χ1) is 8.90. The topological polar surface area (TPSA) is 46.2 Å². The third kappa shape index (κ3) is 3.50. The lowest BCUT2D eigenvalue weighted by atomic mass is 10.1. The van der Waals surface area contributed by atoms with E-state index < -0.39 is 10.0 Å². The van der Waals surface area contributed by atoms with Crippen LogP contribution in [0.1, 0.15) is 31.4 Å². The van der Waals surface area contributed by atoms with Crippen LogP contribution >= 0.6 is 11.6 Å². The molecule has 0 saturated carbocycles. The van der Waals surface area contributed by atoms with Gasteiger partial charge in [-0.3, -0.25) is 0 Å². The fourth-order valence-electron chi connectivity index (χ4n) is 2.22. The van der Waals surface area contributed by atoms with Gasteiger partial charge in [-0.25, -0.2) is 13.1 Å². The van der Waals surface area contributed by atoms with Crippen LogP contribution in [-0.2, 0) is 22.9 Å². The van der Waals surface area contributed by atoms with Crippen molar-refractivity contribution >= 4 is 21.6 Å². The molecule has 0 saturated heterocycles. The van der Waals surface area contributed by atoms with Crippen molar-refractivity contribution in [3.63, 3.8) is 0 Å². The lowest BCUT2D eigenvalue weighted by Crippen LogP contribution is -2.32. The molecule has 0 aromatic heterocycles. The highest BCUT2D eigenvalue weighted by Gasteiger charge is 2.20. The molecule has 1 aliphatic carbocycles. The van der Waals surface area contributed by atoms with Crippen molar-refractivity contribution in [1.29, 1.82) is 0 Å². The Morgan fingerprint density at radius 2 is 1.95 bits per heavy atom. The summed E-state index contributed by atoms with van der Waals surface area (Å²) in [5, 5.41) is -0.191. The Morgan fingerprint density at radius 3 is 2.63 bits per heavy atom. The largest absolute Gasteiger partial charge is 0.240 e. The summed E-state index contributed by atoms with van der Waals surface area (Å²) in [6, 6.07) is 5.41. The number of sulfonamides is 1. The molecule has 1 aliphatic rings. The second-order valence-corrected chi connectivity index (χ2v) is 7.72. The normalized spacial score (nSPS) is 16.6. The molecular weight excluding hydrogens is 282 g/mol. The van der Waals surface area contributed by atoms with Gasteiger partial charge in [0, 0.05) is 11.9 Å². The highest BCUT2D eigenvalue weighted by molar-refractivity contribution is 7.89. The van der Waals surface area contributed by atoms with E-state index in [-0.39, 0.29) is 17.8 Å². The number of rotatable bonds is 5. The Bertz CT molecular complexity index is 555. The van der Waals surface area contributed by atoms with Crippen LogP contribution in [0, 0.1) is 5.92 Å². The van der Waals surface area contributed by atoms with Gasteiger partial charge in [-0.05, 0) is 48.4 Å². The maximum absolute atomic E-state index is 12.2. The van der Waals surface area contributed by atoms with E-state index in [4.69, 9.17) is 11.6 Å². The van der Waals surface area contributed by atoms with Crippen LogP contribution in [0.3, 0.4) is 0 Å². The van der Waals surface area contributed by atoms with Gasteiger partial charge in [0.25, 0.3) is 0 Å². The Balaban J connectivity index is 2.11. The molecule has 19 heavy (non-hydrogen) atoms. The number of hydrogen-bond acceptors (Lipinski definition) is 2. The fraction of sp³-hybridized carbons (Fsp3) is 0.571. The van der Waals surface area contributed by atoms with E-state index in [0.717, 1.165) is 24.8 Å². The summed E-state index contributed by atoms with van der Waals surface area (Å²) in [7, 11) is -3.44. The summed E-state index contributed by atoms with van der Waals surface area (Å²) in [5.74, 6) is 0.240. The van der Waals surface area contributed by atoms with Crippen LogP contribution in [0.4, 0.5) is 0 Å². The fourth-order valence-corrected chi connectivity index (χ4v) is 3.50. The van der Waals surface area contributed by atoms with Gasteiger partial charge in [0.2, 0.25) is 10.0 Å². The number of aryl methyl sites for hydroxylation is 2. The predicted octanol–water partition coefficient (Wildman–Crippen LogP) is 2.72. The van der Waals surface area contributed by atoms with Crippen molar-refractivity contribution in [2.75, 3.05) is 6.54 Å². The minimum absolute atomic E-state index is 0.191. The maximum Gasteiger partial charge on any atom is 0.240 e. The van der Waals surface area contributed by atoms with Gasteiger partial charge < -0.3 is 0 Å². The summed E-state index contributed by atoms with van der Waals surface area (Å²) < 4.78 is 27.0. The average molecular weight is 302 g/mol. The SMILES string of the molecule is CC(C)C(Cl)CNS(=O)(=O)c1ccc2c(c1)CCC2. The molecule has 5 heteroatoms. The summed E-state index contributed by atoms with van der Waals surface area (Å²) in [6.45, 7) is 4.21. The van der Waals surface area contributed by atoms with Gasteiger partial charge in [0.05, 0.1) is 4.90 Å². The van der Waals surface area contributed by atoms with E-state index in [1.165, 1.54) is 5.56 Å². The molecule has 1 atom stereocenters. The van der Waals surface area contributed by atoms with E-state index in [2.05, 4.69) is 4.72 Å². The molecule has 0 heterocycles. The van der Waals surface area contributed by atoms with Gasteiger partial charge in [-0.15, -0.1) is 11.6 Å². The lowest BCUT2D eigenvalue weighted by Gasteiger charge is -2.14. The molecule has 106 valence electrons. The van der Waals surface area contributed by atoms with E-state index in [9.17, 15) is 8.42 Å². The second-order valence-electron chi connectivity index (χ2n) is 5.40. The number of benzene rings is 1. The van der Waals surface area contributed by atoms with Crippen LogP contribution in [0.2, 0.25) is 0 Å². The second kappa shape index (κ2) is 5.81. The van der Waals surface area contributed by atoms with Crippen molar-refractivity contribution in [2.45, 2.75) is 43.4 Å². The minimum Gasteiger partial charge on any atom is -0.210 e. The first kappa shape index (κ1) is 14.8. The van der Waals surface area contributed by atoms with E-state index >= 15 is 0 Å². The molecule has 1 unspecified atom stereocenters. The predicted molar refractivity (Wildman–Crippen MR) is 78.1 cm³/mol. The minimum atomic E-state index is -3.44. The summed E-state index contributed by atoms with van der Waals surface area (Å²) in [5.41, 5.74) is 2.44. The van der Waals surface area contributed by atoms with Gasteiger partial charge in [0.1, 0.15) is 0 Å². The molecule has 3 nitrogen and oxygen atoms in total. The van der Waals surface area contributed by atoms with Crippen LogP contribution < -0.4 is 4.72 Å². The maximum atomic E-state index is 12.2. The zero-order valence-corrected chi connectivity index (χ0v) is 12.9. The third-order valence-corrected chi connectivity index (χ3v) is 5.65. The molecule has 1 N–H and O–H groups in total. The molecule has 0 bridgehead atoms. The Morgan fingerprint density at radius 1 is 1.26 bits per heavy atom. The van der Waals surface area contributed by atoms with Crippen molar-refractivity contribution in [1.82, 2.24) is 4.72 Å². The molecule has 1 aromatic carbocycles. The third-order valence-electron chi connectivity index (χ3n) is 3.57. The van der Waals surface area contributed by atoms with Crippen LogP contribution in [0.15, 0.2) is 23.1 Å². The Kier molecular flexibility index (Phi) is 4.54. The number of halogens is 1. The smallest absolute Gasteiger partial charge is 0.210 e. The Hall–Kier alpha value is -0.580. The molecule has 0 fully saturated rings. The molecule has 0 radical (unpaired) electrons. The number of alkyl halides is 1. The van der Waals surface area contributed by atoms with E-state index in [1.807, 2.05) is 19.9 Å². The van der Waals surface area contributed by atoms with Crippen molar-refractivity contribution in [3.8, 4) is 0 Å². The monoisotopic (exact) mass is 301 g/mol. The highest BCUT2D eigenvalue weighted by Crippen LogP contribution is 2.24. The molecule has 1 aromatic rings. The van der Waals surface area contributed by atoms with E-state index in [1.54, 1.807) is 12.1 Å². The first-order valence-corrected chi connectivity index (χ1v) is 8.57. The van der Waals surface area contributed by atoms with Crippen molar-refractivity contribution in [2.24, 2.45) is 5.92 Å². The van der Waals surface area contributed by atoms with Gasteiger partial charge in [-0.1, -0.05) is 19.9 Å². The molecule has 0 spiro atoms. The van der Waals surface area contributed by atoms with Crippen LogP contribution in [-0.4, -0.2) is 20.3 Å². The van der Waals surface area contributed by atoms with Crippen molar-refractivity contribution in [3.05, 3.63) is 29.3 Å². The van der Waals surface area contributed by atoms with Crippen LogP contribution in [0.25, 0.3) is 0 Å². The quantitative estimate of drug-likeness (QED) is 0.850. The zero-order valence-electron chi connectivity index (χ0n) is 11.3. The number of hydrogen-bond donors (Lipinski definition) is 1. The molecule has 0 amide bonds. The number of fused-ring (bicyclic) bond motifs is 1. The summed E-state index contributed by atoms with van der Waals surface area (Å²) in [6.07, 6.45) is 3.15. The van der Waals surface area contributed by atoms with Gasteiger partial charge in [0.15, 0.2) is 0 Å². The standard InChI is InChI=1S/C14H20ClNO2S/c1-10(2)14(15)9-16-19(17,18)13-7-6-11-4-3-5-12(11)8-13/h6-8,10,14,16H,3-5,9H2,1-2H3. The van der Waals surface area contributed by atoms with Gasteiger partial charge in [-0.2, -0.15) is 0 Å².